The second kappa shape index (κ2) is 5.17. The summed E-state index contributed by atoms with van der Waals surface area (Å²) >= 11 is 1.41. The van der Waals surface area contributed by atoms with Crippen molar-refractivity contribution in [1.82, 2.24) is 14.6 Å². The van der Waals surface area contributed by atoms with Crippen molar-refractivity contribution in [2.75, 3.05) is 24.3 Å². The number of benzene rings is 1. The van der Waals surface area contributed by atoms with Crippen LogP contribution in [0.5, 0.6) is 0 Å². The third-order valence-electron chi connectivity index (χ3n) is 3.18. The van der Waals surface area contributed by atoms with E-state index in [1.807, 2.05) is 50.2 Å². The molecule has 2 heterocycles. The number of aromatic nitrogens is 3. The Morgan fingerprint density at radius 1 is 1.29 bits per heavy atom. The van der Waals surface area contributed by atoms with Crippen LogP contribution in [0, 0.1) is 6.92 Å². The van der Waals surface area contributed by atoms with E-state index in [1.165, 1.54) is 11.3 Å². The van der Waals surface area contributed by atoms with Crippen LogP contribution in [0.2, 0.25) is 0 Å². The maximum absolute atomic E-state index is 12.4. The van der Waals surface area contributed by atoms with Gasteiger partial charge in [0.1, 0.15) is 5.51 Å². The summed E-state index contributed by atoms with van der Waals surface area (Å²) in [5, 5.41) is 7.02. The molecule has 0 spiro atoms. The van der Waals surface area contributed by atoms with Gasteiger partial charge in [0.2, 0.25) is 4.96 Å². The highest BCUT2D eigenvalue weighted by Gasteiger charge is 2.18. The fourth-order valence-corrected chi connectivity index (χ4v) is 2.75. The van der Waals surface area contributed by atoms with Gasteiger partial charge in [0, 0.05) is 25.5 Å². The molecule has 1 N–H and O–H groups in total. The van der Waals surface area contributed by atoms with E-state index in [0.717, 1.165) is 16.3 Å². The molecular formula is C14H15N5OS. The van der Waals surface area contributed by atoms with Gasteiger partial charge in [-0.2, -0.15) is 9.61 Å². The molecule has 1 amide bonds. The Bertz CT molecular complexity index is 787. The molecule has 0 saturated heterocycles. The number of anilines is 2. The van der Waals surface area contributed by atoms with Gasteiger partial charge in [-0.05, 0) is 31.2 Å². The fraction of sp³-hybridized carbons (Fsp3) is 0.214. The summed E-state index contributed by atoms with van der Waals surface area (Å²) in [5.41, 5.74) is 4.65. The minimum atomic E-state index is -0.205. The third-order valence-corrected chi connectivity index (χ3v) is 3.85. The maximum atomic E-state index is 12.4. The van der Waals surface area contributed by atoms with Crippen LogP contribution in [0.25, 0.3) is 4.96 Å². The average molecular weight is 301 g/mol. The second-order valence-corrected chi connectivity index (χ2v) is 5.69. The Hall–Kier alpha value is -2.41. The Morgan fingerprint density at radius 2 is 2.00 bits per heavy atom. The molecule has 0 aliphatic carbocycles. The van der Waals surface area contributed by atoms with E-state index in [4.69, 9.17) is 0 Å². The SMILES string of the molecule is Cc1nc2scnn2c1C(=O)Nc1ccc(N(C)C)cc1. The molecule has 0 saturated carbocycles. The molecule has 21 heavy (non-hydrogen) atoms. The summed E-state index contributed by atoms with van der Waals surface area (Å²) in [6.07, 6.45) is 0. The molecule has 108 valence electrons. The summed E-state index contributed by atoms with van der Waals surface area (Å²) < 4.78 is 1.57. The zero-order chi connectivity index (χ0) is 15.0. The largest absolute Gasteiger partial charge is 0.378 e. The third kappa shape index (κ3) is 2.47. The lowest BCUT2D eigenvalue weighted by Crippen LogP contribution is -2.16. The number of carbonyl (C=O) groups excluding carboxylic acids is 1. The van der Waals surface area contributed by atoms with Crippen molar-refractivity contribution in [3.63, 3.8) is 0 Å². The van der Waals surface area contributed by atoms with Gasteiger partial charge in [0.05, 0.1) is 5.69 Å². The normalized spacial score (nSPS) is 10.8. The summed E-state index contributed by atoms with van der Waals surface area (Å²) in [5.74, 6) is -0.205. The quantitative estimate of drug-likeness (QED) is 0.807. The molecule has 3 rings (SSSR count). The van der Waals surface area contributed by atoms with Gasteiger partial charge >= 0.3 is 0 Å². The van der Waals surface area contributed by atoms with E-state index < -0.39 is 0 Å². The van der Waals surface area contributed by atoms with Gasteiger partial charge in [-0.25, -0.2) is 4.98 Å². The number of carbonyl (C=O) groups is 1. The molecule has 0 unspecified atom stereocenters. The van der Waals surface area contributed by atoms with Crippen molar-refractivity contribution in [2.45, 2.75) is 6.92 Å². The highest BCUT2D eigenvalue weighted by molar-refractivity contribution is 7.14. The highest BCUT2D eigenvalue weighted by Crippen LogP contribution is 2.19. The predicted octanol–water partition coefficient (Wildman–Crippen LogP) is 2.42. The first-order chi connectivity index (χ1) is 10.1. The van der Waals surface area contributed by atoms with Crippen LogP contribution in [0.15, 0.2) is 29.8 Å². The summed E-state index contributed by atoms with van der Waals surface area (Å²) in [7, 11) is 3.95. The van der Waals surface area contributed by atoms with Crippen molar-refractivity contribution in [3.8, 4) is 0 Å². The van der Waals surface area contributed by atoms with E-state index in [9.17, 15) is 4.79 Å². The van der Waals surface area contributed by atoms with Crippen LogP contribution < -0.4 is 10.2 Å². The molecule has 0 radical (unpaired) electrons. The molecule has 0 atom stereocenters. The number of aryl methyl sites for hydroxylation is 1. The molecule has 7 heteroatoms. The predicted molar refractivity (Wildman–Crippen MR) is 84.3 cm³/mol. The van der Waals surface area contributed by atoms with Gasteiger partial charge in [0.15, 0.2) is 5.69 Å². The highest BCUT2D eigenvalue weighted by atomic mass is 32.1. The van der Waals surface area contributed by atoms with Crippen LogP contribution >= 0.6 is 11.3 Å². The van der Waals surface area contributed by atoms with E-state index in [0.29, 0.717) is 11.4 Å². The number of imidazole rings is 1. The number of hydrogen-bond acceptors (Lipinski definition) is 5. The second-order valence-electron chi connectivity index (χ2n) is 4.87. The lowest BCUT2D eigenvalue weighted by molar-refractivity contribution is 0.102. The number of nitrogens with one attached hydrogen (secondary N) is 1. The zero-order valence-electron chi connectivity index (χ0n) is 12.0. The van der Waals surface area contributed by atoms with Crippen molar-refractivity contribution in [3.05, 3.63) is 41.2 Å². The number of hydrogen-bond donors (Lipinski definition) is 1. The smallest absolute Gasteiger partial charge is 0.276 e. The van der Waals surface area contributed by atoms with E-state index in [1.54, 1.807) is 10.0 Å². The number of fused-ring (bicyclic) bond motifs is 1. The lowest BCUT2D eigenvalue weighted by Gasteiger charge is -2.13. The molecule has 1 aromatic carbocycles. The number of nitrogens with zero attached hydrogens (tertiary/aromatic N) is 4. The molecule has 0 fully saturated rings. The first-order valence-corrected chi connectivity index (χ1v) is 7.32. The van der Waals surface area contributed by atoms with Crippen molar-refractivity contribution in [2.24, 2.45) is 0 Å². The summed E-state index contributed by atoms with van der Waals surface area (Å²) in [6.45, 7) is 1.81. The zero-order valence-corrected chi connectivity index (χ0v) is 12.8. The van der Waals surface area contributed by atoms with Crippen LogP contribution in [0.4, 0.5) is 11.4 Å². The van der Waals surface area contributed by atoms with Crippen LogP contribution in [0.3, 0.4) is 0 Å². The Morgan fingerprint density at radius 3 is 2.67 bits per heavy atom. The van der Waals surface area contributed by atoms with Gasteiger partial charge in [-0.15, -0.1) is 0 Å². The Balaban J connectivity index is 1.86. The summed E-state index contributed by atoms with van der Waals surface area (Å²) in [4.78, 5) is 19.5. The fourth-order valence-electron chi connectivity index (χ4n) is 2.09. The minimum Gasteiger partial charge on any atom is -0.378 e. The molecule has 0 aliphatic heterocycles. The topological polar surface area (TPSA) is 62.5 Å². The summed E-state index contributed by atoms with van der Waals surface area (Å²) in [6, 6.07) is 7.66. The number of rotatable bonds is 3. The van der Waals surface area contributed by atoms with E-state index >= 15 is 0 Å². The Kier molecular flexibility index (Phi) is 3.34. The first kappa shape index (κ1) is 13.6. The number of amides is 1. The standard InChI is InChI=1S/C14H15N5OS/c1-9-12(19-14(16-9)21-8-15-19)13(20)17-10-4-6-11(7-5-10)18(2)3/h4-8H,1-3H3,(H,17,20). The van der Waals surface area contributed by atoms with Crippen molar-refractivity contribution < 1.29 is 4.79 Å². The van der Waals surface area contributed by atoms with Crippen LogP contribution in [0.1, 0.15) is 16.2 Å². The monoisotopic (exact) mass is 301 g/mol. The van der Waals surface area contributed by atoms with Gasteiger partial charge < -0.3 is 10.2 Å². The molecule has 3 aromatic rings. The van der Waals surface area contributed by atoms with E-state index in [-0.39, 0.29) is 5.91 Å². The van der Waals surface area contributed by atoms with Crippen molar-refractivity contribution in [1.29, 1.82) is 0 Å². The van der Waals surface area contributed by atoms with Gasteiger partial charge in [-0.1, -0.05) is 11.3 Å². The minimum absolute atomic E-state index is 0.205. The average Bonchev–Trinajstić information content (AvgIpc) is 2.98. The van der Waals surface area contributed by atoms with Gasteiger partial charge in [0.25, 0.3) is 5.91 Å². The molecule has 6 nitrogen and oxygen atoms in total. The lowest BCUT2D eigenvalue weighted by atomic mass is 10.2. The molecule has 0 bridgehead atoms. The molecular weight excluding hydrogens is 286 g/mol. The maximum Gasteiger partial charge on any atom is 0.276 e. The Labute approximate surface area is 126 Å². The van der Waals surface area contributed by atoms with E-state index in [2.05, 4.69) is 15.4 Å². The molecule has 2 aromatic heterocycles. The first-order valence-electron chi connectivity index (χ1n) is 6.44. The van der Waals surface area contributed by atoms with Crippen LogP contribution in [-0.2, 0) is 0 Å². The molecule has 0 aliphatic rings. The van der Waals surface area contributed by atoms with Crippen LogP contribution in [-0.4, -0.2) is 34.6 Å². The van der Waals surface area contributed by atoms with Crippen molar-refractivity contribution >= 4 is 33.6 Å². The van der Waals surface area contributed by atoms with Gasteiger partial charge in [-0.3, -0.25) is 4.79 Å².